The van der Waals surface area contributed by atoms with E-state index in [1.165, 1.54) is 6.92 Å². The van der Waals surface area contributed by atoms with Crippen LogP contribution in [0.4, 0.5) is 10.1 Å². The lowest BCUT2D eigenvalue weighted by Gasteiger charge is -2.27. The summed E-state index contributed by atoms with van der Waals surface area (Å²) in [6.45, 7) is 5.94. The number of nitrogens with one attached hydrogen (secondary N) is 3. The number of nitrogens with zero attached hydrogens (tertiary/aromatic N) is 1. The molecule has 12 heteroatoms. The van der Waals surface area contributed by atoms with E-state index < -0.39 is 26.6 Å². The van der Waals surface area contributed by atoms with Crippen LogP contribution in [0, 0.1) is 5.82 Å². The highest BCUT2D eigenvalue weighted by atomic mass is 35.5. The molecule has 0 unspecified atom stereocenters. The van der Waals surface area contributed by atoms with Crippen LogP contribution < -0.4 is 15.4 Å². The lowest BCUT2D eigenvalue weighted by molar-refractivity contribution is -0.114. The van der Waals surface area contributed by atoms with Crippen LogP contribution in [0.15, 0.2) is 17.0 Å². The van der Waals surface area contributed by atoms with Gasteiger partial charge in [-0.25, -0.2) is 17.5 Å². The quantitative estimate of drug-likeness (QED) is 0.535. The summed E-state index contributed by atoms with van der Waals surface area (Å²) in [5, 5.41) is 5.55. The molecule has 0 bridgehead atoms. The number of amides is 1. The minimum absolute atomic E-state index is 0. The first-order chi connectivity index (χ1) is 11.8. The van der Waals surface area contributed by atoms with Gasteiger partial charge in [0.1, 0.15) is 10.7 Å². The van der Waals surface area contributed by atoms with Crippen molar-refractivity contribution >= 4 is 58.0 Å². The van der Waals surface area contributed by atoms with Gasteiger partial charge >= 0.3 is 0 Å². The second kappa shape index (κ2) is 12.0. The first-order valence-corrected chi connectivity index (χ1v) is 9.85. The van der Waals surface area contributed by atoms with Crippen molar-refractivity contribution in [3.63, 3.8) is 0 Å². The molecule has 7 nitrogen and oxygen atoms in total. The number of carbonyl (C=O) groups excluding carboxylic acids is 1. The van der Waals surface area contributed by atoms with E-state index in [0.717, 1.165) is 44.9 Å². The van der Waals surface area contributed by atoms with E-state index in [9.17, 15) is 17.6 Å². The molecule has 1 aliphatic heterocycles. The number of hydrogen-bond donors (Lipinski definition) is 3. The molecule has 0 aromatic heterocycles. The van der Waals surface area contributed by atoms with Crippen LogP contribution in [0.1, 0.15) is 13.3 Å². The van der Waals surface area contributed by atoms with Gasteiger partial charge in [-0.15, -0.1) is 24.8 Å². The van der Waals surface area contributed by atoms with Crippen LogP contribution in [0.25, 0.3) is 0 Å². The SMILES string of the molecule is CC(=O)Nc1cc(F)c(S(=O)(=O)NCCCN2CCNCC2)cc1Cl.Cl.Cl. The summed E-state index contributed by atoms with van der Waals surface area (Å²) in [6, 6.07) is 1.90. The normalized spacial score (nSPS) is 14.8. The van der Waals surface area contributed by atoms with E-state index in [1.807, 2.05) is 0 Å². The average Bonchev–Trinajstić information content (AvgIpc) is 2.55. The van der Waals surface area contributed by atoms with Gasteiger partial charge in [-0.05, 0) is 19.0 Å². The van der Waals surface area contributed by atoms with Crippen LogP contribution >= 0.6 is 36.4 Å². The van der Waals surface area contributed by atoms with Crippen LogP contribution in [-0.4, -0.2) is 58.5 Å². The minimum atomic E-state index is -4.01. The lowest BCUT2D eigenvalue weighted by atomic mass is 10.3. The van der Waals surface area contributed by atoms with Gasteiger partial charge in [0.15, 0.2) is 0 Å². The molecule has 1 aromatic carbocycles. The lowest BCUT2D eigenvalue weighted by Crippen LogP contribution is -2.44. The average molecular weight is 466 g/mol. The maximum absolute atomic E-state index is 14.1. The van der Waals surface area contributed by atoms with E-state index in [2.05, 4.69) is 20.3 Å². The first-order valence-electron chi connectivity index (χ1n) is 7.99. The molecule has 2 rings (SSSR count). The highest BCUT2D eigenvalue weighted by Gasteiger charge is 2.21. The van der Waals surface area contributed by atoms with Crippen molar-refractivity contribution in [2.24, 2.45) is 0 Å². The van der Waals surface area contributed by atoms with Gasteiger partial charge in [0.2, 0.25) is 15.9 Å². The summed E-state index contributed by atoms with van der Waals surface area (Å²) in [7, 11) is -4.01. The predicted octanol–water partition coefficient (Wildman–Crippen LogP) is 1.85. The number of rotatable bonds is 7. The summed E-state index contributed by atoms with van der Waals surface area (Å²) in [5.74, 6) is -1.40. The van der Waals surface area contributed by atoms with Crippen LogP contribution in [0.2, 0.25) is 5.02 Å². The van der Waals surface area contributed by atoms with Crippen molar-refractivity contribution in [1.82, 2.24) is 14.9 Å². The number of carbonyl (C=O) groups is 1. The number of hydrogen-bond acceptors (Lipinski definition) is 5. The number of piperazine rings is 1. The number of halogens is 4. The fraction of sp³-hybridized carbons (Fsp3) is 0.533. The molecule has 0 aliphatic carbocycles. The van der Waals surface area contributed by atoms with Gasteiger partial charge in [-0.1, -0.05) is 11.6 Å². The third-order valence-electron chi connectivity index (χ3n) is 3.77. The summed E-state index contributed by atoms with van der Waals surface area (Å²) < 4.78 is 41.1. The molecule has 1 saturated heterocycles. The fourth-order valence-corrected chi connectivity index (χ4v) is 3.97. The fourth-order valence-electron chi connectivity index (χ4n) is 2.54. The third-order valence-corrected chi connectivity index (χ3v) is 5.56. The number of benzene rings is 1. The van der Waals surface area contributed by atoms with E-state index in [4.69, 9.17) is 11.6 Å². The molecule has 1 fully saturated rings. The summed E-state index contributed by atoms with van der Waals surface area (Å²) in [4.78, 5) is 12.7. The highest BCUT2D eigenvalue weighted by Crippen LogP contribution is 2.28. The largest absolute Gasteiger partial charge is 0.325 e. The molecule has 0 radical (unpaired) electrons. The Labute approximate surface area is 176 Å². The van der Waals surface area contributed by atoms with E-state index in [-0.39, 0.29) is 42.1 Å². The monoisotopic (exact) mass is 464 g/mol. The Hall–Kier alpha value is -0.680. The summed E-state index contributed by atoms with van der Waals surface area (Å²) >= 11 is 5.93. The molecular weight excluding hydrogens is 442 g/mol. The smallest absolute Gasteiger partial charge is 0.243 e. The van der Waals surface area contributed by atoms with Gasteiger partial charge in [-0.2, -0.15) is 0 Å². The first kappa shape index (κ1) is 26.3. The van der Waals surface area contributed by atoms with E-state index >= 15 is 0 Å². The zero-order chi connectivity index (χ0) is 18.4. The molecule has 1 aliphatic rings. The Morgan fingerprint density at radius 1 is 1.30 bits per heavy atom. The van der Waals surface area contributed by atoms with Crippen molar-refractivity contribution in [3.05, 3.63) is 23.0 Å². The topological polar surface area (TPSA) is 90.5 Å². The summed E-state index contributed by atoms with van der Waals surface area (Å²) in [5.41, 5.74) is 0.0318. The van der Waals surface area contributed by atoms with Crippen LogP contribution in [0.5, 0.6) is 0 Å². The molecule has 0 spiro atoms. The number of sulfonamides is 1. The van der Waals surface area contributed by atoms with Crippen molar-refractivity contribution < 1.29 is 17.6 Å². The molecule has 0 saturated carbocycles. The second-order valence-corrected chi connectivity index (χ2v) is 7.93. The minimum Gasteiger partial charge on any atom is -0.325 e. The van der Waals surface area contributed by atoms with E-state index in [0.29, 0.717) is 6.42 Å². The Bertz CT molecular complexity index is 731. The van der Waals surface area contributed by atoms with Crippen molar-refractivity contribution in [2.75, 3.05) is 44.6 Å². The maximum atomic E-state index is 14.1. The highest BCUT2D eigenvalue weighted by molar-refractivity contribution is 7.89. The molecule has 3 N–H and O–H groups in total. The molecule has 1 aromatic rings. The van der Waals surface area contributed by atoms with Gasteiger partial charge in [0, 0.05) is 45.7 Å². The zero-order valence-corrected chi connectivity index (χ0v) is 18.0. The molecule has 1 amide bonds. The standard InChI is InChI=1S/C15H22ClFN4O3S.2ClH/c1-11(22)20-14-10-13(17)15(9-12(14)16)25(23,24)19-3-2-6-21-7-4-18-5-8-21;;/h9-10,18-19H,2-8H2,1H3,(H,20,22);2*1H. The van der Waals surface area contributed by atoms with Gasteiger partial charge < -0.3 is 15.5 Å². The van der Waals surface area contributed by atoms with E-state index in [1.54, 1.807) is 0 Å². The van der Waals surface area contributed by atoms with Crippen molar-refractivity contribution in [2.45, 2.75) is 18.2 Å². The van der Waals surface area contributed by atoms with Crippen molar-refractivity contribution in [1.29, 1.82) is 0 Å². The maximum Gasteiger partial charge on any atom is 0.243 e. The second-order valence-electron chi connectivity index (χ2n) is 5.79. The van der Waals surface area contributed by atoms with Crippen molar-refractivity contribution in [3.8, 4) is 0 Å². The van der Waals surface area contributed by atoms with Crippen LogP contribution in [-0.2, 0) is 14.8 Å². The van der Waals surface area contributed by atoms with Gasteiger partial charge in [-0.3, -0.25) is 4.79 Å². The summed E-state index contributed by atoms with van der Waals surface area (Å²) in [6.07, 6.45) is 0.624. The molecule has 27 heavy (non-hydrogen) atoms. The Kier molecular flexibility index (Phi) is 11.7. The third kappa shape index (κ3) is 8.06. The molecule has 156 valence electrons. The number of anilines is 1. The Balaban J connectivity index is 0.00000338. The van der Waals surface area contributed by atoms with Gasteiger partial charge in [0.05, 0.1) is 10.7 Å². The molecular formula is C15H24Cl3FN4O3S. The Morgan fingerprint density at radius 3 is 2.52 bits per heavy atom. The predicted molar refractivity (Wildman–Crippen MR) is 109 cm³/mol. The van der Waals surface area contributed by atoms with Gasteiger partial charge in [0.25, 0.3) is 0 Å². The molecule has 0 atom stereocenters. The molecule has 1 heterocycles. The van der Waals surface area contributed by atoms with Crippen LogP contribution in [0.3, 0.4) is 0 Å². The zero-order valence-electron chi connectivity index (χ0n) is 14.8. The Morgan fingerprint density at radius 2 is 1.93 bits per heavy atom.